The summed E-state index contributed by atoms with van der Waals surface area (Å²) in [6.45, 7) is 12.5. The van der Waals surface area contributed by atoms with Gasteiger partial charge in [0.25, 0.3) is 0 Å². The number of piperazine rings is 1. The Morgan fingerprint density at radius 1 is 1.10 bits per heavy atom. The molecule has 1 aliphatic rings. The van der Waals surface area contributed by atoms with Crippen molar-refractivity contribution in [2.24, 2.45) is 0 Å². The van der Waals surface area contributed by atoms with Gasteiger partial charge in [-0.25, -0.2) is 27.5 Å². The van der Waals surface area contributed by atoms with Crippen LogP contribution < -0.4 is 10.6 Å². The molecule has 1 N–H and O–H groups in total. The highest BCUT2D eigenvalue weighted by Gasteiger charge is 2.31. The molecule has 4 heterocycles. The number of aliphatic hydroxyl groups excluding tert-OH is 1. The largest absolute Gasteiger partial charge is 0.375 e. The first-order valence-electron chi connectivity index (χ1n) is 13.4. The molecule has 0 radical (unpaired) electrons. The molecule has 0 amide bonds. The van der Waals surface area contributed by atoms with Gasteiger partial charge in [0.05, 0.1) is 16.8 Å². The topological polar surface area (TPSA) is 87.4 Å². The number of hydrogen-bond acceptors (Lipinski definition) is 7. The zero-order valence-corrected chi connectivity index (χ0v) is 23.3. The van der Waals surface area contributed by atoms with Crippen molar-refractivity contribution in [2.45, 2.75) is 45.9 Å². The fourth-order valence-electron chi connectivity index (χ4n) is 5.37. The van der Waals surface area contributed by atoms with Crippen LogP contribution in [0.2, 0.25) is 0 Å². The molecule has 4 aromatic rings. The van der Waals surface area contributed by atoms with Gasteiger partial charge < -0.3 is 10.0 Å². The number of halogens is 3. The highest BCUT2D eigenvalue weighted by molar-refractivity contribution is 5.90. The number of hydrogen-bond donors (Lipinski definition) is 1. The Balaban J connectivity index is 1.81. The second-order valence-electron chi connectivity index (χ2n) is 10.6. The van der Waals surface area contributed by atoms with E-state index in [9.17, 15) is 18.7 Å². The smallest absolute Gasteiger partial charge is 0.355 e. The first kappa shape index (κ1) is 28.4. The Kier molecular flexibility index (Phi) is 7.67. The molecule has 41 heavy (non-hydrogen) atoms. The van der Waals surface area contributed by atoms with E-state index in [4.69, 9.17) is 0 Å². The first-order chi connectivity index (χ1) is 19.5. The number of fused-ring (bicyclic) bond motifs is 1. The first-order valence-corrected chi connectivity index (χ1v) is 13.4. The predicted octanol–water partition coefficient (Wildman–Crippen LogP) is 4.71. The predicted molar refractivity (Wildman–Crippen MR) is 152 cm³/mol. The lowest BCUT2D eigenvalue weighted by atomic mass is 10.0. The fraction of sp³-hybridized carbons (Fsp3) is 0.333. The van der Waals surface area contributed by atoms with E-state index in [-0.39, 0.29) is 40.1 Å². The minimum atomic E-state index is -0.982. The van der Waals surface area contributed by atoms with Crippen LogP contribution in [0.4, 0.5) is 19.0 Å². The molecule has 214 valence electrons. The van der Waals surface area contributed by atoms with Crippen LogP contribution in [0.5, 0.6) is 0 Å². The lowest BCUT2D eigenvalue weighted by Crippen LogP contribution is -2.55. The van der Waals surface area contributed by atoms with Crippen LogP contribution in [0.25, 0.3) is 28.0 Å². The summed E-state index contributed by atoms with van der Waals surface area (Å²) in [4.78, 5) is 31.0. The molecule has 11 heteroatoms. The second kappa shape index (κ2) is 11.1. The SMILES string of the molecule is C=CC(O)N1CCN(c2nc(=O)n(-c3c(C)ccnc3C(C)C)c3nc(-c4ccc(F)cc4F)c(F)cc23)[C@@H](C)C1. The van der Waals surface area contributed by atoms with Crippen LogP contribution in [0.15, 0.2) is 54.0 Å². The third-order valence-electron chi connectivity index (χ3n) is 7.43. The van der Waals surface area contributed by atoms with Gasteiger partial charge in [0.2, 0.25) is 0 Å². The van der Waals surface area contributed by atoms with Gasteiger partial charge in [-0.15, -0.1) is 0 Å². The Morgan fingerprint density at radius 3 is 2.51 bits per heavy atom. The summed E-state index contributed by atoms with van der Waals surface area (Å²) in [5.41, 5.74) is 0.616. The van der Waals surface area contributed by atoms with E-state index in [1.165, 1.54) is 16.7 Å². The number of nitrogens with zero attached hydrogens (tertiary/aromatic N) is 6. The van der Waals surface area contributed by atoms with E-state index in [0.29, 0.717) is 37.1 Å². The zero-order valence-electron chi connectivity index (χ0n) is 23.3. The molecule has 3 aromatic heterocycles. The van der Waals surface area contributed by atoms with Crippen LogP contribution in [0.3, 0.4) is 0 Å². The molecule has 0 aliphatic carbocycles. The fourth-order valence-corrected chi connectivity index (χ4v) is 5.37. The summed E-state index contributed by atoms with van der Waals surface area (Å²) in [5, 5.41) is 10.5. The van der Waals surface area contributed by atoms with Gasteiger partial charge in [0.15, 0.2) is 5.65 Å². The van der Waals surface area contributed by atoms with Crippen molar-refractivity contribution in [1.82, 2.24) is 24.4 Å². The number of benzene rings is 1. The number of aliphatic hydroxyl groups is 1. The molecule has 5 rings (SSSR count). The Bertz CT molecular complexity index is 1710. The highest BCUT2D eigenvalue weighted by Crippen LogP contribution is 2.34. The Morgan fingerprint density at radius 2 is 1.85 bits per heavy atom. The summed E-state index contributed by atoms with van der Waals surface area (Å²) < 4.78 is 45.5. The van der Waals surface area contributed by atoms with Crippen LogP contribution in [0, 0.1) is 24.4 Å². The van der Waals surface area contributed by atoms with Crippen LogP contribution in [-0.4, -0.2) is 61.4 Å². The molecule has 0 saturated carbocycles. The van der Waals surface area contributed by atoms with E-state index in [0.717, 1.165) is 17.7 Å². The number of aromatic nitrogens is 4. The maximum atomic E-state index is 15.7. The molecule has 1 fully saturated rings. The number of rotatable bonds is 6. The lowest BCUT2D eigenvalue weighted by molar-refractivity contribution is 0.0296. The molecule has 1 unspecified atom stereocenters. The zero-order chi connectivity index (χ0) is 29.6. The molecule has 0 spiro atoms. The van der Waals surface area contributed by atoms with Gasteiger partial charge in [-0.1, -0.05) is 20.4 Å². The van der Waals surface area contributed by atoms with Crippen molar-refractivity contribution >= 4 is 16.9 Å². The number of anilines is 1. The van der Waals surface area contributed by atoms with Gasteiger partial charge in [-0.2, -0.15) is 4.98 Å². The van der Waals surface area contributed by atoms with Crippen LogP contribution in [-0.2, 0) is 0 Å². The van der Waals surface area contributed by atoms with E-state index in [1.807, 2.05) is 37.5 Å². The van der Waals surface area contributed by atoms with Crippen molar-refractivity contribution in [3.8, 4) is 16.9 Å². The Labute approximate surface area is 235 Å². The molecular weight excluding hydrogens is 533 g/mol. The van der Waals surface area contributed by atoms with Gasteiger partial charge in [0, 0.05) is 43.5 Å². The minimum Gasteiger partial charge on any atom is -0.375 e. The number of pyridine rings is 2. The molecule has 2 atom stereocenters. The molecule has 0 bridgehead atoms. The number of aryl methyl sites for hydroxylation is 1. The lowest BCUT2D eigenvalue weighted by Gasteiger charge is -2.42. The average Bonchev–Trinajstić information content (AvgIpc) is 2.93. The van der Waals surface area contributed by atoms with Gasteiger partial charge in [-0.3, -0.25) is 9.88 Å². The molecule has 1 aromatic carbocycles. The maximum absolute atomic E-state index is 15.7. The van der Waals surface area contributed by atoms with Crippen LogP contribution >= 0.6 is 0 Å². The molecule has 1 aliphatic heterocycles. The van der Waals surface area contributed by atoms with Gasteiger partial charge in [-0.05, 0) is 55.7 Å². The summed E-state index contributed by atoms with van der Waals surface area (Å²) in [5.74, 6) is -2.49. The summed E-state index contributed by atoms with van der Waals surface area (Å²) in [6, 6.07) is 5.53. The van der Waals surface area contributed by atoms with E-state index < -0.39 is 29.4 Å². The summed E-state index contributed by atoms with van der Waals surface area (Å²) in [6.07, 6.45) is 2.26. The van der Waals surface area contributed by atoms with Crippen molar-refractivity contribution < 1.29 is 18.3 Å². The van der Waals surface area contributed by atoms with Crippen molar-refractivity contribution in [1.29, 1.82) is 0 Å². The maximum Gasteiger partial charge on any atom is 0.355 e. The van der Waals surface area contributed by atoms with Gasteiger partial charge in [0.1, 0.15) is 35.2 Å². The van der Waals surface area contributed by atoms with E-state index in [1.54, 1.807) is 12.3 Å². The van der Waals surface area contributed by atoms with Crippen molar-refractivity contribution in [2.75, 3.05) is 24.5 Å². The Hall–Kier alpha value is -4.09. The third-order valence-corrected chi connectivity index (χ3v) is 7.43. The molecule has 1 saturated heterocycles. The molecular formula is C30H31F3N6O2. The minimum absolute atomic E-state index is 0.0684. The molecule has 8 nitrogen and oxygen atoms in total. The highest BCUT2D eigenvalue weighted by atomic mass is 19.1. The standard InChI is InChI=1S/C30H31F3N6O2/c1-6-24(40)37-11-12-38(18(5)15-37)28-21-14-23(33)26(20-8-7-19(31)13-22(20)32)35-29(21)39(30(41)36-28)27-17(4)9-10-34-25(27)16(2)3/h6-10,13-14,16,18,24,40H,1,11-12,15H2,2-5H3/t18-,24?/m0/s1. The van der Waals surface area contributed by atoms with Gasteiger partial charge >= 0.3 is 5.69 Å². The average molecular weight is 565 g/mol. The third kappa shape index (κ3) is 5.11. The normalized spacial score (nSPS) is 16.9. The van der Waals surface area contributed by atoms with E-state index >= 15 is 4.39 Å². The monoisotopic (exact) mass is 564 g/mol. The van der Waals surface area contributed by atoms with Crippen molar-refractivity contribution in [3.63, 3.8) is 0 Å². The summed E-state index contributed by atoms with van der Waals surface area (Å²) >= 11 is 0. The quantitative estimate of drug-likeness (QED) is 0.340. The summed E-state index contributed by atoms with van der Waals surface area (Å²) in [7, 11) is 0. The second-order valence-corrected chi connectivity index (χ2v) is 10.6. The van der Waals surface area contributed by atoms with Crippen molar-refractivity contribution in [3.05, 3.63) is 88.4 Å². The van der Waals surface area contributed by atoms with Crippen LogP contribution in [0.1, 0.15) is 37.9 Å². The van der Waals surface area contributed by atoms with E-state index in [2.05, 4.69) is 21.5 Å².